The van der Waals surface area contributed by atoms with Crippen molar-refractivity contribution < 1.29 is 9.90 Å². The van der Waals surface area contributed by atoms with Crippen molar-refractivity contribution in [3.63, 3.8) is 0 Å². The minimum atomic E-state index is -1.01. The van der Waals surface area contributed by atoms with Gasteiger partial charge in [0.2, 0.25) is 0 Å². The number of aromatic carboxylic acids is 1. The number of aromatic nitrogens is 2. The van der Waals surface area contributed by atoms with Crippen LogP contribution in [0.3, 0.4) is 0 Å². The first-order valence-corrected chi connectivity index (χ1v) is 5.42. The fourth-order valence-corrected chi connectivity index (χ4v) is 1.94. The highest BCUT2D eigenvalue weighted by atomic mass is 79.9. The third kappa shape index (κ3) is 1.85. The van der Waals surface area contributed by atoms with E-state index in [1.54, 1.807) is 6.07 Å². The topological polar surface area (TPSA) is 66.0 Å². The standard InChI is InChI=1S/C9H6BrClN2O2/c10-4-1-5(9(14)15)8-6(2-4)12-7(3-11)13-8/h1-2H,3H2,(H,12,13)(H,14,15). The zero-order valence-electron chi connectivity index (χ0n) is 7.42. The predicted molar refractivity (Wildman–Crippen MR) is 60.3 cm³/mol. The summed E-state index contributed by atoms with van der Waals surface area (Å²) in [7, 11) is 0. The number of halogens is 2. The van der Waals surface area contributed by atoms with E-state index in [1.807, 2.05) is 0 Å². The Morgan fingerprint density at radius 3 is 2.93 bits per heavy atom. The monoisotopic (exact) mass is 288 g/mol. The molecule has 15 heavy (non-hydrogen) atoms. The Kier molecular flexibility index (Phi) is 2.67. The third-order valence-electron chi connectivity index (χ3n) is 1.96. The highest BCUT2D eigenvalue weighted by molar-refractivity contribution is 9.10. The van der Waals surface area contributed by atoms with Crippen molar-refractivity contribution in [1.29, 1.82) is 0 Å². The first-order chi connectivity index (χ1) is 7.11. The number of hydrogen-bond donors (Lipinski definition) is 2. The molecule has 0 atom stereocenters. The normalized spacial score (nSPS) is 10.8. The number of carboxylic acids is 1. The number of nitrogens with one attached hydrogen (secondary N) is 1. The molecule has 2 N–H and O–H groups in total. The number of H-pyrrole nitrogens is 1. The number of alkyl halides is 1. The van der Waals surface area contributed by atoms with Gasteiger partial charge in [0, 0.05) is 4.47 Å². The first kappa shape index (κ1) is 10.4. The Hall–Kier alpha value is -1.07. The van der Waals surface area contributed by atoms with Crippen LogP contribution in [0.15, 0.2) is 16.6 Å². The number of carbonyl (C=O) groups is 1. The lowest BCUT2D eigenvalue weighted by molar-refractivity contribution is 0.0699. The zero-order chi connectivity index (χ0) is 11.0. The molecule has 0 bridgehead atoms. The molecule has 1 aromatic heterocycles. The van der Waals surface area contributed by atoms with Gasteiger partial charge in [0.1, 0.15) is 11.3 Å². The summed E-state index contributed by atoms with van der Waals surface area (Å²) in [6.45, 7) is 0. The van der Waals surface area contributed by atoms with Crippen LogP contribution in [0.25, 0.3) is 11.0 Å². The molecule has 0 radical (unpaired) electrons. The molecule has 0 spiro atoms. The summed E-state index contributed by atoms with van der Waals surface area (Å²) in [4.78, 5) is 18.0. The van der Waals surface area contributed by atoms with Crippen molar-refractivity contribution in [1.82, 2.24) is 9.97 Å². The second-order valence-corrected chi connectivity index (χ2v) is 4.15. The first-order valence-electron chi connectivity index (χ1n) is 4.09. The molecule has 4 nitrogen and oxygen atoms in total. The van der Waals surface area contributed by atoms with Crippen molar-refractivity contribution in [3.8, 4) is 0 Å². The van der Waals surface area contributed by atoms with Crippen LogP contribution in [-0.2, 0) is 5.88 Å². The van der Waals surface area contributed by atoms with Gasteiger partial charge in [-0.15, -0.1) is 11.6 Å². The quantitative estimate of drug-likeness (QED) is 0.835. The maximum Gasteiger partial charge on any atom is 0.338 e. The lowest BCUT2D eigenvalue weighted by Crippen LogP contribution is -1.97. The van der Waals surface area contributed by atoms with E-state index in [0.29, 0.717) is 21.3 Å². The Labute approximate surface area is 98.4 Å². The summed E-state index contributed by atoms with van der Waals surface area (Å²) in [5.74, 6) is -0.216. The van der Waals surface area contributed by atoms with Crippen LogP contribution in [0, 0.1) is 0 Å². The van der Waals surface area contributed by atoms with E-state index >= 15 is 0 Å². The second kappa shape index (κ2) is 3.83. The van der Waals surface area contributed by atoms with Crippen molar-refractivity contribution in [2.24, 2.45) is 0 Å². The molecule has 1 aromatic carbocycles. The molecule has 2 aromatic rings. The average Bonchev–Trinajstić information content (AvgIpc) is 2.58. The molecule has 0 fully saturated rings. The minimum absolute atomic E-state index is 0.159. The van der Waals surface area contributed by atoms with Crippen molar-refractivity contribution in [3.05, 3.63) is 28.0 Å². The number of aromatic amines is 1. The molecule has 2 rings (SSSR count). The van der Waals surface area contributed by atoms with Crippen LogP contribution in [0.2, 0.25) is 0 Å². The van der Waals surface area contributed by atoms with Gasteiger partial charge in [0.25, 0.3) is 0 Å². The maximum absolute atomic E-state index is 11.0. The SMILES string of the molecule is O=C(O)c1cc(Br)cc2[nH]c(CCl)nc12. The Morgan fingerprint density at radius 2 is 2.33 bits per heavy atom. The highest BCUT2D eigenvalue weighted by Crippen LogP contribution is 2.23. The third-order valence-corrected chi connectivity index (χ3v) is 2.67. The average molecular weight is 290 g/mol. The summed E-state index contributed by atoms with van der Waals surface area (Å²) in [5.41, 5.74) is 1.26. The molecule has 1 heterocycles. The van der Waals surface area contributed by atoms with Crippen LogP contribution in [0.4, 0.5) is 0 Å². The highest BCUT2D eigenvalue weighted by Gasteiger charge is 2.13. The predicted octanol–water partition coefficient (Wildman–Crippen LogP) is 2.76. The number of imidazole rings is 1. The molecule has 0 aliphatic carbocycles. The molecule has 6 heteroatoms. The summed E-state index contributed by atoms with van der Waals surface area (Å²) >= 11 is 8.86. The van der Waals surface area contributed by atoms with Gasteiger partial charge in [0.05, 0.1) is 17.0 Å². The van der Waals surface area contributed by atoms with E-state index in [0.717, 1.165) is 0 Å². The van der Waals surface area contributed by atoms with Gasteiger partial charge in [-0.05, 0) is 12.1 Å². The number of hydrogen-bond acceptors (Lipinski definition) is 2. The van der Waals surface area contributed by atoms with Gasteiger partial charge >= 0.3 is 5.97 Å². The summed E-state index contributed by atoms with van der Waals surface area (Å²) in [5, 5.41) is 8.98. The van der Waals surface area contributed by atoms with Gasteiger partial charge in [-0.2, -0.15) is 0 Å². The van der Waals surface area contributed by atoms with E-state index in [1.165, 1.54) is 6.07 Å². The number of fused-ring (bicyclic) bond motifs is 1. The zero-order valence-corrected chi connectivity index (χ0v) is 9.76. The van der Waals surface area contributed by atoms with Crippen molar-refractivity contribution >= 4 is 44.5 Å². The molecular weight excluding hydrogens is 283 g/mol. The summed E-state index contributed by atoms with van der Waals surface area (Å²) in [6.07, 6.45) is 0. The number of benzene rings is 1. The Balaban J connectivity index is 2.77. The van der Waals surface area contributed by atoms with Crippen LogP contribution >= 0.6 is 27.5 Å². The van der Waals surface area contributed by atoms with Crippen LogP contribution in [0.1, 0.15) is 16.2 Å². The maximum atomic E-state index is 11.0. The van der Waals surface area contributed by atoms with Gasteiger partial charge in [0.15, 0.2) is 0 Å². The molecule has 0 amide bonds. The van der Waals surface area contributed by atoms with Crippen LogP contribution in [0.5, 0.6) is 0 Å². The van der Waals surface area contributed by atoms with Crippen LogP contribution < -0.4 is 0 Å². The van der Waals surface area contributed by atoms with E-state index < -0.39 is 5.97 Å². The molecule has 0 saturated heterocycles. The molecule has 0 saturated carbocycles. The van der Waals surface area contributed by atoms with Gasteiger partial charge in [-0.25, -0.2) is 9.78 Å². The fourth-order valence-electron chi connectivity index (χ4n) is 1.36. The number of carboxylic acid groups (broad SMARTS) is 1. The number of rotatable bonds is 2. The van der Waals surface area contributed by atoms with Crippen LogP contribution in [-0.4, -0.2) is 21.0 Å². The molecule has 0 unspecified atom stereocenters. The largest absolute Gasteiger partial charge is 0.478 e. The fraction of sp³-hybridized carbons (Fsp3) is 0.111. The molecular formula is C9H6BrClN2O2. The van der Waals surface area contributed by atoms with Gasteiger partial charge in [-0.3, -0.25) is 0 Å². The minimum Gasteiger partial charge on any atom is -0.478 e. The Bertz CT molecular complexity index is 538. The lowest BCUT2D eigenvalue weighted by atomic mass is 10.2. The van der Waals surface area contributed by atoms with Gasteiger partial charge in [-0.1, -0.05) is 15.9 Å². The van der Waals surface area contributed by atoms with Gasteiger partial charge < -0.3 is 10.1 Å². The number of nitrogens with zero attached hydrogens (tertiary/aromatic N) is 1. The summed E-state index contributed by atoms with van der Waals surface area (Å²) in [6, 6.07) is 3.29. The summed E-state index contributed by atoms with van der Waals surface area (Å²) < 4.78 is 0.692. The molecule has 0 aliphatic heterocycles. The lowest BCUT2D eigenvalue weighted by Gasteiger charge is -1.96. The molecule has 0 aliphatic rings. The van der Waals surface area contributed by atoms with E-state index in [2.05, 4.69) is 25.9 Å². The molecule has 78 valence electrons. The van der Waals surface area contributed by atoms with Crippen molar-refractivity contribution in [2.75, 3.05) is 0 Å². The van der Waals surface area contributed by atoms with Crippen molar-refractivity contribution in [2.45, 2.75) is 5.88 Å². The smallest absolute Gasteiger partial charge is 0.338 e. The van der Waals surface area contributed by atoms with E-state index in [9.17, 15) is 4.79 Å². The van der Waals surface area contributed by atoms with E-state index in [-0.39, 0.29) is 11.4 Å². The Morgan fingerprint density at radius 1 is 1.60 bits per heavy atom. The van der Waals surface area contributed by atoms with E-state index in [4.69, 9.17) is 16.7 Å². The second-order valence-electron chi connectivity index (χ2n) is 2.97.